The molecule has 0 aliphatic carbocycles. The van der Waals surface area contributed by atoms with Crippen molar-refractivity contribution in [3.05, 3.63) is 62.6 Å². The zero-order valence-electron chi connectivity index (χ0n) is 14.9. The smallest absolute Gasteiger partial charge is 0.262 e. The molecule has 0 saturated carbocycles. The van der Waals surface area contributed by atoms with Crippen LogP contribution in [0.4, 0.5) is 0 Å². The lowest BCUT2D eigenvalue weighted by atomic mass is 10.1. The zero-order chi connectivity index (χ0) is 19.8. The first-order valence-corrected chi connectivity index (χ1v) is 9.30. The number of carbonyl (C=O) groups is 1. The molecular formula is C20H18BrClN2O3. The SMILES string of the molecule is CCOc1c(Cl)cc(/C=C(/C#N)C(=O)NCc2ccc(OC)cc2)cc1Br. The van der Waals surface area contributed by atoms with Gasteiger partial charge in [0, 0.05) is 6.54 Å². The number of hydrogen-bond acceptors (Lipinski definition) is 4. The molecule has 0 aromatic heterocycles. The molecule has 0 atom stereocenters. The first-order chi connectivity index (χ1) is 13.0. The molecule has 0 radical (unpaired) electrons. The van der Waals surface area contributed by atoms with Crippen molar-refractivity contribution < 1.29 is 14.3 Å². The predicted molar refractivity (Wildman–Crippen MR) is 109 cm³/mol. The van der Waals surface area contributed by atoms with E-state index in [0.29, 0.717) is 34.0 Å². The number of nitrogens with one attached hydrogen (secondary N) is 1. The Balaban J connectivity index is 2.12. The van der Waals surface area contributed by atoms with Crippen molar-refractivity contribution in [2.45, 2.75) is 13.5 Å². The van der Waals surface area contributed by atoms with E-state index >= 15 is 0 Å². The topological polar surface area (TPSA) is 71.3 Å². The van der Waals surface area contributed by atoms with Crippen LogP contribution in [-0.4, -0.2) is 19.6 Å². The highest BCUT2D eigenvalue weighted by Gasteiger charge is 2.12. The van der Waals surface area contributed by atoms with Gasteiger partial charge < -0.3 is 14.8 Å². The quantitative estimate of drug-likeness (QED) is 0.490. The Morgan fingerprint density at radius 1 is 1.33 bits per heavy atom. The summed E-state index contributed by atoms with van der Waals surface area (Å²) in [5.74, 6) is 0.800. The highest BCUT2D eigenvalue weighted by atomic mass is 79.9. The fourth-order valence-corrected chi connectivity index (χ4v) is 3.27. The maximum absolute atomic E-state index is 12.3. The number of methoxy groups -OCH3 is 1. The highest BCUT2D eigenvalue weighted by Crippen LogP contribution is 2.35. The number of nitriles is 1. The van der Waals surface area contributed by atoms with E-state index in [9.17, 15) is 10.1 Å². The minimum absolute atomic E-state index is 0.0179. The van der Waals surface area contributed by atoms with E-state index in [1.54, 1.807) is 19.2 Å². The van der Waals surface area contributed by atoms with Gasteiger partial charge in [-0.25, -0.2) is 0 Å². The molecule has 1 amide bonds. The Morgan fingerprint density at radius 2 is 2.04 bits per heavy atom. The van der Waals surface area contributed by atoms with E-state index in [4.69, 9.17) is 21.1 Å². The van der Waals surface area contributed by atoms with Gasteiger partial charge in [-0.2, -0.15) is 5.26 Å². The van der Waals surface area contributed by atoms with Crippen LogP contribution in [0.3, 0.4) is 0 Å². The van der Waals surface area contributed by atoms with Crippen molar-refractivity contribution in [3.8, 4) is 17.6 Å². The van der Waals surface area contributed by atoms with Gasteiger partial charge >= 0.3 is 0 Å². The number of benzene rings is 2. The second kappa shape index (κ2) is 10.0. The predicted octanol–water partition coefficient (Wildman–Crippen LogP) is 4.73. The number of ether oxygens (including phenoxy) is 2. The van der Waals surface area contributed by atoms with Crippen LogP contribution in [0, 0.1) is 11.3 Å². The van der Waals surface area contributed by atoms with Crippen LogP contribution < -0.4 is 14.8 Å². The number of amides is 1. The lowest BCUT2D eigenvalue weighted by Gasteiger charge is -2.09. The number of carbonyl (C=O) groups excluding carboxylic acids is 1. The monoisotopic (exact) mass is 448 g/mol. The van der Waals surface area contributed by atoms with Crippen molar-refractivity contribution in [2.24, 2.45) is 0 Å². The van der Waals surface area contributed by atoms with E-state index in [1.807, 2.05) is 37.3 Å². The molecule has 2 aromatic rings. The summed E-state index contributed by atoms with van der Waals surface area (Å²) in [5.41, 5.74) is 1.50. The molecule has 0 fully saturated rings. The third kappa shape index (κ3) is 5.75. The van der Waals surface area contributed by atoms with Crippen molar-refractivity contribution in [3.63, 3.8) is 0 Å². The minimum atomic E-state index is -0.463. The Kier molecular flexibility index (Phi) is 7.71. The number of rotatable bonds is 7. The van der Waals surface area contributed by atoms with E-state index in [-0.39, 0.29) is 5.57 Å². The van der Waals surface area contributed by atoms with Gasteiger partial charge in [-0.05, 0) is 64.3 Å². The maximum atomic E-state index is 12.3. The van der Waals surface area contributed by atoms with Crippen LogP contribution in [0.2, 0.25) is 5.02 Å². The van der Waals surface area contributed by atoms with Gasteiger partial charge in [0.25, 0.3) is 5.91 Å². The molecule has 27 heavy (non-hydrogen) atoms. The van der Waals surface area contributed by atoms with E-state index < -0.39 is 5.91 Å². The Labute approximate surface area is 171 Å². The third-order valence-corrected chi connectivity index (χ3v) is 4.47. The van der Waals surface area contributed by atoms with Crippen molar-refractivity contribution >= 4 is 39.5 Å². The summed E-state index contributed by atoms with van der Waals surface area (Å²) in [6.45, 7) is 2.64. The molecule has 0 spiro atoms. The van der Waals surface area contributed by atoms with Gasteiger partial charge in [-0.15, -0.1) is 0 Å². The largest absolute Gasteiger partial charge is 0.497 e. The summed E-state index contributed by atoms with van der Waals surface area (Å²) in [7, 11) is 1.59. The summed E-state index contributed by atoms with van der Waals surface area (Å²) in [4.78, 5) is 12.3. The number of hydrogen-bond donors (Lipinski definition) is 1. The van der Waals surface area contributed by atoms with Crippen molar-refractivity contribution in [2.75, 3.05) is 13.7 Å². The summed E-state index contributed by atoms with van der Waals surface area (Å²) >= 11 is 9.60. The molecule has 5 nitrogen and oxygen atoms in total. The number of halogens is 2. The maximum Gasteiger partial charge on any atom is 0.262 e. The average molecular weight is 450 g/mol. The standard InChI is InChI=1S/C20H18BrClN2O3/c1-3-27-19-17(21)9-14(10-18(19)22)8-15(11-23)20(25)24-12-13-4-6-16(26-2)7-5-13/h4-10H,3,12H2,1-2H3,(H,24,25)/b15-8-. The van der Waals surface area contributed by atoms with Gasteiger partial charge in [0.15, 0.2) is 5.75 Å². The molecule has 0 heterocycles. The molecule has 2 rings (SSSR count). The first-order valence-electron chi connectivity index (χ1n) is 8.13. The van der Waals surface area contributed by atoms with Crippen LogP contribution in [0.1, 0.15) is 18.1 Å². The van der Waals surface area contributed by atoms with Gasteiger partial charge in [0.05, 0.1) is 23.2 Å². The summed E-state index contributed by atoms with van der Waals surface area (Å²) in [6.07, 6.45) is 1.48. The second-order valence-corrected chi connectivity index (χ2v) is 6.71. The van der Waals surface area contributed by atoms with Crippen LogP contribution >= 0.6 is 27.5 Å². The average Bonchev–Trinajstić information content (AvgIpc) is 2.67. The molecule has 0 aliphatic rings. The second-order valence-electron chi connectivity index (χ2n) is 5.45. The van der Waals surface area contributed by atoms with Gasteiger partial charge in [0.1, 0.15) is 17.4 Å². The van der Waals surface area contributed by atoms with Crippen molar-refractivity contribution in [1.82, 2.24) is 5.32 Å². The van der Waals surface area contributed by atoms with Crippen LogP contribution in [-0.2, 0) is 11.3 Å². The summed E-state index contributed by atoms with van der Waals surface area (Å²) < 4.78 is 11.2. The summed E-state index contributed by atoms with van der Waals surface area (Å²) in [5, 5.41) is 12.5. The van der Waals surface area contributed by atoms with E-state index in [0.717, 1.165) is 11.3 Å². The molecule has 2 aromatic carbocycles. The fourth-order valence-electron chi connectivity index (χ4n) is 2.28. The highest BCUT2D eigenvalue weighted by molar-refractivity contribution is 9.10. The summed E-state index contributed by atoms with van der Waals surface area (Å²) in [6, 6.07) is 12.6. The van der Waals surface area contributed by atoms with Gasteiger partial charge in [-0.1, -0.05) is 23.7 Å². The van der Waals surface area contributed by atoms with Crippen LogP contribution in [0.5, 0.6) is 11.5 Å². The molecule has 0 bridgehead atoms. The minimum Gasteiger partial charge on any atom is -0.497 e. The normalized spacial score (nSPS) is 10.9. The molecule has 0 aliphatic heterocycles. The molecule has 1 N–H and O–H groups in total. The van der Waals surface area contributed by atoms with Crippen LogP contribution in [0.15, 0.2) is 46.4 Å². The van der Waals surface area contributed by atoms with E-state index in [1.165, 1.54) is 6.08 Å². The Bertz CT molecular complexity index is 866. The van der Waals surface area contributed by atoms with Gasteiger partial charge in [0.2, 0.25) is 0 Å². The molecule has 140 valence electrons. The van der Waals surface area contributed by atoms with Crippen molar-refractivity contribution in [1.29, 1.82) is 5.26 Å². The molecule has 7 heteroatoms. The number of nitrogens with zero attached hydrogens (tertiary/aromatic N) is 1. The van der Waals surface area contributed by atoms with Gasteiger partial charge in [-0.3, -0.25) is 4.79 Å². The lowest BCUT2D eigenvalue weighted by Crippen LogP contribution is -2.23. The first kappa shape index (κ1) is 20.8. The Hall–Kier alpha value is -2.49. The van der Waals surface area contributed by atoms with Crippen LogP contribution in [0.25, 0.3) is 6.08 Å². The third-order valence-electron chi connectivity index (χ3n) is 3.60. The molecule has 0 unspecified atom stereocenters. The van der Waals surface area contributed by atoms with E-state index in [2.05, 4.69) is 21.2 Å². The zero-order valence-corrected chi connectivity index (χ0v) is 17.2. The molecular weight excluding hydrogens is 432 g/mol. The fraction of sp³-hybridized carbons (Fsp3) is 0.200. The Morgan fingerprint density at radius 3 is 2.59 bits per heavy atom. The lowest BCUT2D eigenvalue weighted by molar-refractivity contribution is -0.117. The molecule has 0 saturated heterocycles.